The van der Waals surface area contributed by atoms with Gasteiger partial charge in [-0.3, -0.25) is 0 Å². The van der Waals surface area contributed by atoms with Gasteiger partial charge in [-0.1, -0.05) is 35.9 Å². The van der Waals surface area contributed by atoms with E-state index in [-0.39, 0.29) is 5.56 Å². The quantitative estimate of drug-likeness (QED) is 0.546. The van der Waals surface area contributed by atoms with Crippen LogP contribution in [-0.2, 0) is 0 Å². The van der Waals surface area contributed by atoms with Gasteiger partial charge in [0.25, 0.3) is 0 Å². The van der Waals surface area contributed by atoms with E-state index in [9.17, 15) is 13.2 Å². The van der Waals surface area contributed by atoms with E-state index >= 15 is 0 Å². The Kier molecular flexibility index (Phi) is 3.62. The van der Waals surface area contributed by atoms with Crippen molar-refractivity contribution in [3.05, 3.63) is 70.5 Å². The first-order valence-corrected chi connectivity index (χ1v) is 5.78. The zero-order valence-corrected chi connectivity index (χ0v) is 10.3. The van der Waals surface area contributed by atoms with Crippen LogP contribution in [0.2, 0.25) is 0 Å². The van der Waals surface area contributed by atoms with E-state index in [1.54, 1.807) is 12.1 Å². The Balaban J connectivity index is 2.43. The molecule has 0 heterocycles. The second kappa shape index (κ2) is 5.02. The molecule has 0 radical (unpaired) electrons. The molecule has 0 nitrogen and oxygen atoms in total. The minimum Gasteiger partial charge on any atom is -0.204 e. The lowest BCUT2D eigenvalue weighted by Gasteiger charge is -2.12. The highest BCUT2D eigenvalue weighted by atomic mass is 35.5. The van der Waals surface area contributed by atoms with Crippen LogP contribution in [0.4, 0.5) is 13.2 Å². The van der Waals surface area contributed by atoms with Gasteiger partial charge in [0.15, 0.2) is 17.5 Å². The van der Waals surface area contributed by atoms with E-state index < -0.39 is 22.8 Å². The lowest BCUT2D eigenvalue weighted by atomic mass is 10.0. The van der Waals surface area contributed by atoms with Gasteiger partial charge in [-0.25, -0.2) is 13.2 Å². The Hall–Kier alpha value is -1.48. The van der Waals surface area contributed by atoms with Crippen molar-refractivity contribution in [3.63, 3.8) is 0 Å². The molecule has 0 aliphatic heterocycles. The summed E-state index contributed by atoms with van der Waals surface area (Å²) in [6, 6.07) is 9.13. The van der Waals surface area contributed by atoms with E-state index in [0.717, 1.165) is 17.7 Å². The molecule has 2 aromatic carbocycles. The minimum absolute atomic E-state index is 0.0700. The smallest absolute Gasteiger partial charge is 0.194 e. The molecule has 0 aromatic heterocycles. The summed E-state index contributed by atoms with van der Waals surface area (Å²) < 4.78 is 39.5. The van der Waals surface area contributed by atoms with Gasteiger partial charge < -0.3 is 0 Å². The van der Waals surface area contributed by atoms with E-state index in [4.69, 9.17) is 11.6 Å². The predicted molar refractivity (Wildman–Crippen MR) is 65.2 cm³/mol. The van der Waals surface area contributed by atoms with Gasteiger partial charge in [0, 0.05) is 5.56 Å². The zero-order valence-electron chi connectivity index (χ0n) is 9.55. The number of aryl methyl sites for hydroxylation is 1. The monoisotopic (exact) mass is 270 g/mol. The fourth-order valence-electron chi connectivity index (χ4n) is 1.65. The van der Waals surface area contributed by atoms with Crippen LogP contribution in [-0.4, -0.2) is 0 Å². The number of hydrogen-bond acceptors (Lipinski definition) is 0. The third-order valence-corrected chi connectivity index (χ3v) is 3.20. The molecule has 4 heteroatoms. The molecule has 0 N–H and O–H groups in total. The normalized spacial score (nSPS) is 12.5. The Morgan fingerprint density at radius 3 is 2.11 bits per heavy atom. The lowest BCUT2D eigenvalue weighted by molar-refractivity contribution is 0.441. The molecule has 18 heavy (non-hydrogen) atoms. The Morgan fingerprint density at radius 2 is 1.50 bits per heavy atom. The van der Waals surface area contributed by atoms with Crippen LogP contribution < -0.4 is 0 Å². The molecule has 0 saturated heterocycles. The summed E-state index contributed by atoms with van der Waals surface area (Å²) in [5, 5.41) is -0.847. The van der Waals surface area contributed by atoms with Crippen molar-refractivity contribution in [1.29, 1.82) is 0 Å². The first-order chi connectivity index (χ1) is 8.50. The summed E-state index contributed by atoms with van der Waals surface area (Å²) in [5.74, 6) is -3.95. The first kappa shape index (κ1) is 13.0. The number of halogens is 4. The van der Waals surface area contributed by atoms with Gasteiger partial charge >= 0.3 is 0 Å². The highest BCUT2D eigenvalue weighted by Gasteiger charge is 2.20. The molecule has 0 bridgehead atoms. The van der Waals surface area contributed by atoms with Crippen molar-refractivity contribution in [2.75, 3.05) is 0 Å². The number of alkyl halides is 1. The van der Waals surface area contributed by atoms with E-state index in [1.807, 2.05) is 19.1 Å². The maximum Gasteiger partial charge on any atom is 0.194 e. The summed E-state index contributed by atoms with van der Waals surface area (Å²) in [4.78, 5) is 0. The molecule has 0 spiro atoms. The third kappa shape index (κ3) is 2.36. The van der Waals surface area contributed by atoms with E-state index in [1.165, 1.54) is 0 Å². The van der Waals surface area contributed by atoms with Gasteiger partial charge in [0.2, 0.25) is 0 Å². The maximum absolute atomic E-state index is 13.6. The second-order valence-corrected chi connectivity index (χ2v) is 4.47. The van der Waals surface area contributed by atoms with Crippen LogP contribution in [0.25, 0.3) is 0 Å². The molecule has 0 amide bonds. The van der Waals surface area contributed by atoms with Gasteiger partial charge in [0.1, 0.15) is 0 Å². The van der Waals surface area contributed by atoms with Crippen LogP contribution in [0.5, 0.6) is 0 Å². The van der Waals surface area contributed by atoms with Crippen LogP contribution in [0.1, 0.15) is 22.1 Å². The topological polar surface area (TPSA) is 0 Å². The Bertz CT molecular complexity index is 564. The third-order valence-electron chi connectivity index (χ3n) is 2.71. The van der Waals surface area contributed by atoms with Crippen molar-refractivity contribution < 1.29 is 13.2 Å². The molecule has 2 aromatic rings. The summed E-state index contributed by atoms with van der Waals surface area (Å²) in [7, 11) is 0. The second-order valence-electron chi connectivity index (χ2n) is 4.04. The highest BCUT2D eigenvalue weighted by Crippen LogP contribution is 2.32. The van der Waals surface area contributed by atoms with Crippen molar-refractivity contribution in [2.24, 2.45) is 0 Å². The molecule has 1 unspecified atom stereocenters. The van der Waals surface area contributed by atoms with Crippen molar-refractivity contribution in [3.8, 4) is 0 Å². The first-order valence-electron chi connectivity index (χ1n) is 5.34. The van der Waals surface area contributed by atoms with Crippen molar-refractivity contribution >= 4 is 11.6 Å². The summed E-state index contributed by atoms with van der Waals surface area (Å²) >= 11 is 6.08. The molecule has 0 fully saturated rings. The number of rotatable bonds is 2. The van der Waals surface area contributed by atoms with Crippen LogP contribution in [0.15, 0.2) is 36.4 Å². The fourth-order valence-corrected chi connectivity index (χ4v) is 1.97. The molecule has 0 saturated carbocycles. The number of hydrogen-bond donors (Lipinski definition) is 0. The average Bonchev–Trinajstić information content (AvgIpc) is 2.36. The minimum atomic E-state index is -1.50. The zero-order chi connectivity index (χ0) is 13.3. The molecular weight excluding hydrogens is 261 g/mol. The predicted octanol–water partition coefficient (Wildman–Crippen LogP) is 4.74. The molecule has 2 rings (SSSR count). The lowest BCUT2D eigenvalue weighted by Crippen LogP contribution is -2.01. The van der Waals surface area contributed by atoms with Crippen LogP contribution in [0, 0.1) is 24.4 Å². The highest BCUT2D eigenvalue weighted by molar-refractivity contribution is 6.22. The van der Waals surface area contributed by atoms with E-state index in [0.29, 0.717) is 5.56 Å². The van der Waals surface area contributed by atoms with Gasteiger partial charge in [0.05, 0.1) is 5.38 Å². The largest absolute Gasteiger partial charge is 0.204 e. The Morgan fingerprint density at radius 1 is 0.889 bits per heavy atom. The summed E-state index contributed by atoms with van der Waals surface area (Å²) in [5.41, 5.74) is 1.60. The molecule has 0 aliphatic carbocycles. The van der Waals surface area contributed by atoms with Crippen molar-refractivity contribution in [1.82, 2.24) is 0 Å². The maximum atomic E-state index is 13.6. The summed E-state index contributed by atoms with van der Waals surface area (Å²) in [6.45, 7) is 1.91. The molecular formula is C14H10ClF3. The van der Waals surface area contributed by atoms with Crippen LogP contribution >= 0.6 is 11.6 Å². The SMILES string of the molecule is Cc1ccc(C(Cl)c2ccc(F)c(F)c2F)cc1. The van der Waals surface area contributed by atoms with Gasteiger partial charge in [-0.05, 0) is 18.6 Å². The van der Waals surface area contributed by atoms with Crippen LogP contribution in [0.3, 0.4) is 0 Å². The number of benzene rings is 2. The van der Waals surface area contributed by atoms with E-state index in [2.05, 4.69) is 0 Å². The standard InChI is InChI=1S/C14H10ClF3/c1-8-2-4-9(5-3-8)12(15)10-6-7-11(16)14(18)13(10)17/h2-7,12H,1H3. The molecule has 0 aliphatic rings. The molecule has 1 atom stereocenters. The summed E-state index contributed by atoms with van der Waals surface area (Å²) in [6.07, 6.45) is 0. The average molecular weight is 271 g/mol. The van der Waals surface area contributed by atoms with Gasteiger partial charge in [-0.15, -0.1) is 11.6 Å². The van der Waals surface area contributed by atoms with Gasteiger partial charge in [-0.2, -0.15) is 0 Å². The Labute approximate surface area is 108 Å². The fraction of sp³-hybridized carbons (Fsp3) is 0.143. The van der Waals surface area contributed by atoms with Crippen molar-refractivity contribution in [2.45, 2.75) is 12.3 Å². The molecule has 94 valence electrons.